The van der Waals surface area contributed by atoms with Crippen molar-refractivity contribution < 1.29 is 18.3 Å². The van der Waals surface area contributed by atoms with Gasteiger partial charge in [-0.25, -0.2) is 12.7 Å². The number of rotatable bonds is 4. The number of nitrogens with zero attached hydrogens (tertiary/aromatic N) is 1. The van der Waals surface area contributed by atoms with Gasteiger partial charge in [0.1, 0.15) is 0 Å². The molecule has 0 spiro atoms. The summed E-state index contributed by atoms with van der Waals surface area (Å²) in [5.41, 5.74) is 0.193. The Morgan fingerprint density at radius 2 is 1.88 bits per heavy atom. The maximum Gasteiger partial charge on any atom is 0.323 e. The fourth-order valence-electron chi connectivity index (χ4n) is 1.99. The number of hydrogen-bond donors (Lipinski definition) is 1. The molecule has 1 saturated heterocycles. The zero-order valence-corrected chi connectivity index (χ0v) is 11.5. The van der Waals surface area contributed by atoms with E-state index in [0.29, 0.717) is 13.1 Å². The molecule has 1 aliphatic heterocycles. The Labute approximate surface area is 103 Å². The van der Waals surface area contributed by atoms with E-state index in [2.05, 4.69) is 13.8 Å². The van der Waals surface area contributed by atoms with Crippen molar-refractivity contribution in [1.82, 2.24) is 4.31 Å². The van der Waals surface area contributed by atoms with Crippen molar-refractivity contribution in [3.63, 3.8) is 0 Å². The van der Waals surface area contributed by atoms with Crippen molar-refractivity contribution in [1.29, 1.82) is 0 Å². The van der Waals surface area contributed by atoms with Gasteiger partial charge in [-0.3, -0.25) is 4.79 Å². The van der Waals surface area contributed by atoms with Gasteiger partial charge in [-0.1, -0.05) is 20.3 Å². The van der Waals surface area contributed by atoms with Crippen LogP contribution in [0.1, 0.15) is 40.0 Å². The lowest BCUT2D eigenvalue weighted by atomic mass is 9.79. The van der Waals surface area contributed by atoms with Crippen LogP contribution in [0.2, 0.25) is 0 Å². The molecule has 1 atom stereocenters. The van der Waals surface area contributed by atoms with Crippen molar-refractivity contribution >= 4 is 16.0 Å². The van der Waals surface area contributed by atoms with E-state index in [1.54, 1.807) is 0 Å². The van der Waals surface area contributed by atoms with E-state index in [0.717, 1.165) is 19.3 Å². The van der Waals surface area contributed by atoms with Gasteiger partial charge in [-0.05, 0) is 25.2 Å². The molecule has 0 aromatic rings. The third kappa shape index (κ3) is 2.98. The zero-order valence-electron chi connectivity index (χ0n) is 10.6. The van der Waals surface area contributed by atoms with Crippen LogP contribution in [0.15, 0.2) is 0 Å². The molecule has 100 valence electrons. The van der Waals surface area contributed by atoms with Crippen molar-refractivity contribution in [2.24, 2.45) is 5.41 Å². The minimum absolute atomic E-state index is 0.193. The highest BCUT2D eigenvalue weighted by atomic mass is 32.2. The zero-order chi connectivity index (χ0) is 13.3. The molecule has 1 N–H and O–H groups in total. The van der Waals surface area contributed by atoms with E-state index in [1.807, 2.05) is 0 Å². The molecule has 0 aromatic carbocycles. The Bertz CT molecular complexity index is 382. The number of hydrogen-bond acceptors (Lipinski definition) is 3. The van der Waals surface area contributed by atoms with Gasteiger partial charge < -0.3 is 5.11 Å². The summed E-state index contributed by atoms with van der Waals surface area (Å²) >= 11 is 0. The smallest absolute Gasteiger partial charge is 0.323 e. The lowest BCUT2D eigenvalue weighted by Gasteiger charge is -2.38. The standard InChI is InChI=1S/C11H21NO4S/c1-4-11(3)5-7-12(8-6-11)17(15,16)9(2)10(13)14/h9H,4-8H2,1-3H3,(H,13,14). The van der Waals surface area contributed by atoms with Crippen LogP contribution in [0.25, 0.3) is 0 Å². The average Bonchev–Trinajstić information content (AvgIpc) is 2.28. The van der Waals surface area contributed by atoms with Gasteiger partial charge in [0, 0.05) is 13.1 Å². The molecular formula is C11H21NO4S. The van der Waals surface area contributed by atoms with Crippen molar-refractivity contribution in [3.05, 3.63) is 0 Å². The van der Waals surface area contributed by atoms with Gasteiger partial charge in [0.05, 0.1) is 0 Å². The minimum atomic E-state index is -3.69. The van der Waals surface area contributed by atoms with E-state index in [4.69, 9.17) is 5.11 Å². The van der Waals surface area contributed by atoms with E-state index in [9.17, 15) is 13.2 Å². The summed E-state index contributed by atoms with van der Waals surface area (Å²) in [6, 6.07) is 0. The molecule has 6 heteroatoms. The molecule has 17 heavy (non-hydrogen) atoms. The average molecular weight is 263 g/mol. The second kappa shape index (κ2) is 4.94. The predicted molar refractivity (Wildman–Crippen MR) is 65.2 cm³/mol. The van der Waals surface area contributed by atoms with Crippen molar-refractivity contribution in [3.8, 4) is 0 Å². The van der Waals surface area contributed by atoms with E-state index >= 15 is 0 Å². The van der Waals surface area contributed by atoms with Gasteiger partial charge >= 0.3 is 5.97 Å². The molecule has 1 rings (SSSR count). The molecule has 0 aromatic heterocycles. The number of sulfonamides is 1. The van der Waals surface area contributed by atoms with E-state index in [1.165, 1.54) is 11.2 Å². The van der Waals surface area contributed by atoms with Gasteiger partial charge in [0.15, 0.2) is 5.25 Å². The highest BCUT2D eigenvalue weighted by Crippen LogP contribution is 2.35. The number of carboxylic acid groups (broad SMARTS) is 1. The second-order valence-electron chi connectivity index (χ2n) is 5.09. The van der Waals surface area contributed by atoms with Crippen LogP contribution in [-0.4, -0.2) is 42.1 Å². The molecule has 0 saturated carbocycles. The topological polar surface area (TPSA) is 74.7 Å². The Kier molecular flexibility index (Phi) is 4.19. The number of aliphatic carboxylic acids is 1. The second-order valence-corrected chi connectivity index (χ2v) is 7.34. The largest absolute Gasteiger partial charge is 0.480 e. The van der Waals surface area contributed by atoms with Crippen LogP contribution in [0.3, 0.4) is 0 Å². The third-order valence-corrected chi connectivity index (χ3v) is 6.12. The van der Waals surface area contributed by atoms with Gasteiger partial charge in [0.2, 0.25) is 10.0 Å². The van der Waals surface area contributed by atoms with Crippen LogP contribution >= 0.6 is 0 Å². The summed E-state index contributed by atoms with van der Waals surface area (Å²) in [4.78, 5) is 10.8. The Morgan fingerprint density at radius 3 is 2.24 bits per heavy atom. The first kappa shape index (κ1) is 14.4. The first-order valence-electron chi connectivity index (χ1n) is 5.95. The first-order chi connectivity index (χ1) is 7.73. The van der Waals surface area contributed by atoms with E-state index < -0.39 is 21.2 Å². The predicted octanol–water partition coefficient (Wildman–Crippen LogP) is 1.30. The molecule has 0 bridgehead atoms. The Hall–Kier alpha value is -0.620. The molecule has 0 amide bonds. The quantitative estimate of drug-likeness (QED) is 0.829. The lowest BCUT2D eigenvalue weighted by molar-refractivity contribution is -0.136. The molecule has 0 radical (unpaired) electrons. The summed E-state index contributed by atoms with van der Waals surface area (Å²) < 4.78 is 25.3. The first-order valence-corrected chi connectivity index (χ1v) is 7.45. The summed E-state index contributed by atoms with van der Waals surface area (Å²) in [5, 5.41) is 7.44. The van der Waals surface area contributed by atoms with Gasteiger partial charge in [-0.15, -0.1) is 0 Å². The monoisotopic (exact) mass is 263 g/mol. The maximum absolute atomic E-state index is 12.0. The van der Waals surface area contributed by atoms with Crippen LogP contribution in [0.5, 0.6) is 0 Å². The van der Waals surface area contributed by atoms with Crippen LogP contribution < -0.4 is 0 Å². The minimum Gasteiger partial charge on any atom is -0.480 e. The number of carboxylic acids is 1. The van der Waals surface area contributed by atoms with E-state index in [-0.39, 0.29) is 5.41 Å². The maximum atomic E-state index is 12.0. The SMILES string of the molecule is CCC1(C)CCN(S(=O)(=O)C(C)C(=O)O)CC1. The molecule has 1 fully saturated rings. The number of carbonyl (C=O) groups is 1. The molecule has 1 unspecified atom stereocenters. The highest BCUT2D eigenvalue weighted by molar-refractivity contribution is 7.90. The molecule has 5 nitrogen and oxygen atoms in total. The van der Waals surface area contributed by atoms with Crippen LogP contribution in [0, 0.1) is 5.41 Å². The fraction of sp³-hybridized carbons (Fsp3) is 0.909. The highest BCUT2D eigenvalue weighted by Gasteiger charge is 2.38. The van der Waals surface area contributed by atoms with Crippen molar-refractivity contribution in [2.45, 2.75) is 45.3 Å². The summed E-state index contributed by atoms with van der Waals surface area (Å²) in [7, 11) is -3.69. The Balaban J connectivity index is 2.75. The lowest BCUT2D eigenvalue weighted by Crippen LogP contribution is -2.47. The fourth-order valence-corrected chi connectivity index (χ4v) is 3.38. The normalized spacial score (nSPS) is 23.2. The third-order valence-electron chi connectivity index (χ3n) is 3.94. The molecule has 1 aliphatic rings. The van der Waals surface area contributed by atoms with Gasteiger partial charge in [-0.2, -0.15) is 0 Å². The molecular weight excluding hydrogens is 242 g/mol. The Morgan fingerprint density at radius 1 is 1.41 bits per heavy atom. The summed E-state index contributed by atoms with van der Waals surface area (Å²) in [6.07, 6.45) is 2.62. The summed E-state index contributed by atoms with van der Waals surface area (Å²) in [6.45, 7) is 6.35. The van der Waals surface area contributed by atoms with Crippen LogP contribution in [-0.2, 0) is 14.8 Å². The van der Waals surface area contributed by atoms with Crippen molar-refractivity contribution in [2.75, 3.05) is 13.1 Å². The molecule has 1 heterocycles. The number of piperidine rings is 1. The van der Waals surface area contributed by atoms with Gasteiger partial charge in [0.25, 0.3) is 0 Å². The molecule has 0 aliphatic carbocycles. The van der Waals surface area contributed by atoms with Crippen LogP contribution in [0.4, 0.5) is 0 Å². The summed E-state index contributed by atoms with van der Waals surface area (Å²) in [5.74, 6) is -1.28.